The van der Waals surface area contributed by atoms with Crippen molar-refractivity contribution in [2.45, 2.75) is 38.9 Å². The first kappa shape index (κ1) is 27.6. The number of aromatic nitrogens is 2. The molecule has 7 aromatic carbocycles. The molecule has 0 spiro atoms. The Hall–Kier alpha value is -5.36. The quantitative estimate of drug-likeness (QED) is 0.133. The SMILES string of the molecule is CC1(C)OB(c2cccc3c2c2cccc4c5c6ccccc6c6ccccc6c5n5c6ccccc6c6cccc(c65)n3c24)OC1(C)C. The molecule has 0 bridgehead atoms. The zero-order valence-corrected chi connectivity index (χ0v) is 27.9. The molecule has 4 heterocycles. The lowest BCUT2D eigenvalue weighted by atomic mass is 9.76. The van der Waals surface area contributed by atoms with Gasteiger partial charge < -0.3 is 18.1 Å². The van der Waals surface area contributed by atoms with Crippen LogP contribution in [0.3, 0.4) is 0 Å². The van der Waals surface area contributed by atoms with E-state index in [-0.39, 0.29) is 0 Å². The van der Waals surface area contributed by atoms with Gasteiger partial charge in [-0.15, -0.1) is 0 Å². The maximum Gasteiger partial charge on any atom is 0.495 e. The molecule has 0 amide bonds. The summed E-state index contributed by atoms with van der Waals surface area (Å²) in [7, 11) is -0.485. The van der Waals surface area contributed by atoms with Crippen LogP contribution in [0, 0.1) is 0 Å². The molecule has 10 aromatic rings. The van der Waals surface area contributed by atoms with Crippen LogP contribution in [0.1, 0.15) is 27.7 Å². The predicted molar refractivity (Wildman–Crippen MR) is 207 cm³/mol. The van der Waals surface area contributed by atoms with Gasteiger partial charge in [-0.3, -0.25) is 0 Å². The third-order valence-electron chi connectivity index (χ3n) is 11.7. The van der Waals surface area contributed by atoms with Crippen molar-refractivity contribution in [3.63, 3.8) is 0 Å². The summed E-state index contributed by atoms with van der Waals surface area (Å²) in [5.74, 6) is 0. The van der Waals surface area contributed by atoms with Gasteiger partial charge in [-0.2, -0.15) is 0 Å². The monoisotopic (exact) mass is 632 g/mol. The molecule has 1 fully saturated rings. The van der Waals surface area contributed by atoms with Crippen LogP contribution in [-0.2, 0) is 9.31 Å². The Labute approximate surface area is 283 Å². The third kappa shape index (κ3) is 3.37. The number of benzene rings is 7. The van der Waals surface area contributed by atoms with Gasteiger partial charge in [-0.05, 0) is 67.5 Å². The highest BCUT2D eigenvalue weighted by Gasteiger charge is 2.52. The molecular weight excluding hydrogens is 599 g/mol. The summed E-state index contributed by atoms with van der Waals surface area (Å²) in [4.78, 5) is 0. The molecule has 1 aliphatic rings. The Kier molecular flexibility index (Phi) is 5.18. The smallest absolute Gasteiger partial charge is 0.399 e. The van der Waals surface area contributed by atoms with E-state index in [0.29, 0.717) is 0 Å². The lowest BCUT2D eigenvalue weighted by Crippen LogP contribution is -2.41. The summed E-state index contributed by atoms with van der Waals surface area (Å²) in [6.07, 6.45) is 0. The van der Waals surface area contributed by atoms with E-state index >= 15 is 0 Å². The maximum absolute atomic E-state index is 6.73. The van der Waals surface area contributed by atoms with E-state index in [1.807, 2.05) is 0 Å². The second kappa shape index (κ2) is 9.20. The van der Waals surface area contributed by atoms with Gasteiger partial charge >= 0.3 is 7.12 Å². The first-order chi connectivity index (χ1) is 23.8. The molecule has 0 unspecified atom stereocenters. The minimum Gasteiger partial charge on any atom is -0.399 e. The molecule has 234 valence electrons. The van der Waals surface area contributed by atoms with Crippen LogP contribution < -0.4 is 5.46 Å². The van der Waals surface area contributed by atoms with E-state index in [4.69, 9.17) is 9.31 Å². The van der Waals surface area contributed by atoms with Crippen molar-refractivity contribution in [3.05, 3.63) is 127 Å². The van der Waals surface area contributed by atoms with Crippen LogP contribution in [-0.4, -0.2) is 27.1 Å². The standard InChI is InChI=1S/C44H33BN2O2/c1-43(2)44(3,4)49-45(48-43)34-22-13-24-36-39(34)33-21-11-20-32-38-29-17-7-5-14-26(29)27-15-6-8-18-30(27)42(38)47-35-23-10-9-16-28(35)31-19-12-25-37(41(31)47)46(36)40(32)33/h5-25H,1-4H3. The van der Waals surface area contributed by atoms with E-state index in [2.05, 4.69) is 164 Å². The zero-order valence-electron chi connectivity index (χ0n) is 27.9. The minimum absolute atomic E-state index is 0.447. The van der Waals surface area contributed by atoms with Gasteiger partial charge in [0.1, 0.15) is 0 Å². The molecule has 11 rings (SSSR count). The second-order valence-corrected chi connectivity index (χ2v) is 14.7. The molecule has 49 heavy (non-hydrogen) atoms. The maximum atomic E-state index is 6.73. The van der Waals surface area contributed by atoms with Crippen molar-refractivity contribution in [3.8, 4) is 0 Å². The fraction of sp³-hybridized carbons (Fsp3) is 0.136. The summed E-state index contributed by atoms with van der Waals surface area (Å²) in [5.41, 5.74) is 7.32. The van der Waals surface area contributed by atoms with Gasteiger partial charge in [0.15, 0.2) is 0 Å². The Morgan fingerprint density at radius 3 is 1.63 bits per heavy atom. The number of hydrogen-bond acceptors (Lipinski definition) is 2. The molecule has 0 N–H and O–H groups in total. The molecule has 0 aliphatic carbocycles. The predicted octanol–water partition coefficient (Wildman–Crippen LogP) is 10.6. The van der Waals surface area contributed by atoms with Crippen molar-refractivity contribution in [2.24, 2.45) is 0 Å². The highest BCUT2D eigenvalue weighted by atomic mass is 16.7. The van der Waals surface area contributed by atoms with Gasteiger partial charge in [0.25, 0.3) is 0 Å². The zero-order chi connectivity index (χ0) is 32.8. The Bertz CT molecular complexity index is 3060. The van der Waals surface area contributed by atoms with Gasteiger partial charge in [0, 0.05) is 37.7 Å². The third-order valence-corrected chi connectivity index (χ3v) is 11.7. The van der Waals surface area contributed by atoms with Gasteiger partial charge in [-0.25, -0.2) is 0 Å². The van der Waals surface area contributed by atoms with E-state index in [0.717, 1.165) is 16.5 Å². The summed E-state index contributed by atoms with van der Waals surface area (Å²) in [6, 6.07) is 47.0. The molecule has 0 saturated carbocycles. The molecular formula is C44H33BN2O2. The van der Waals surface area contributed by atoms with Crippen LogP contribution >= 0.6 is 0 Å². The summed E-state index contributed by atoms with van der Waals surface area (Å²) in [5, 5.41) is 12.3. The van der Waals surface area contributed by atoms with Crippen molar-refractivity contribution in [1.29, 1.82) is 0 Å². The van der Waals surface area contributed by atoms with Crippen molar-refractivity contribution >= 4 is 99.5 Å². The molecule has 4 nitrogen and oxygen atoms in total. The fourth-order valence-electron chi connectivity index (χ4n) is 8.80. The van der Waals surface area contributed by atoms with Gasteiger partial charge in [0.2, 0.25) is 0 Å². The summed E-state index contributed by atoms with van der Waals surface area (Å²) in [6.45, 7) is 8.51. The molecule has 0 atom stereocenters. The average molecular weight is 633 g/mol. The largest absolute Gasteiger partial charge is 0.495 e. The topological polar surface area (TPSA) is 27.3 Å². The van der Waals surface area contributed by atoms with Gasteiger partial charge in [-0.1, -0.05) is 109 Å². The lowest BCUT2D eigenvalue weighted by molar-refractivity contribution is 0.00578. The lowest BCUT2D eigenvalue weighted by Gasteiger charge is -2.32. The van der Waals surface area contributed by atoms with Crippen molar-refractivity contribution in [1.82, 2.24) is 8.80 Å². The van der Waals surface area contributed by atoms with Crippen LogP contribution in [0.5, 0.6) is 0 Å². The Balaban J connectivity index is 1.50. The van der Waals surface area contributed by atoms with Crippen molar-refractivity contribution in [2.75, 3.05) is 0 Å². The Morgan fingerprint density at radius 1 is 0.388 bits per heavy atom. The van der Waals surface area contributed by atoms with E-state index in [1.165, 1.54) is 75.9 Å². The molecule has 1 aliphatic heterocycles. The first-order valence-electron chi connectivity index (χ1n) is 17.2. The van der Waals surface area contributed by atoms with E-state index < -0.39 is 18.3 Å². The summed E-state index contributed by atoms with van der Waals surface area (Å²) < 4.78 is 18.5. The second-order valence-electron chi connectivity index (χ2n) is 14.7. The molecule has 0 radical (unpaired) electrons. The Morgan fingerprint density at radius 2 is 0.878 bits per heavy atom. The number of nitrogens with zero attached hydrogens (tertiary/aromatic N) is 2. The molecule has 3 aromatic heterocycles. The van der Waals surface area contributed by atoms with Crippen LogP contribution in [0.4, 0.5) is 0 Å². The number of fused-ring (bicyclic) bond motifs is 15. The number of para-hydroxylation sites is 3. The van der Waals surface area contributed by atoms with Crippen LogP contribution in [0.15, 0.2) is 127 Å². The fourth-order valence-corrected chi connectivity index (χ4v) is 8.80. The highest BCUT2D eigenvalue weighted by Crippen LogP contribution is 2.45. The van der Waals surface area contributed by atoms with Crippen molar-refractivity contribution < 1.29 is 9.31 Å². The normalized spacial score (nSPS) is 16.3. The molecule has 5 heteroatoms. The minimum atomic E-state index is -0.485. The summed E-state index contributed by atoms with van der Waals surface area (Å²) >= 11 is 0. The van der Waals surface area contributed by atoms with Crippen LogP contribution in [0.2, 0.25) is 0 Å². The highest BCUT2D eigenvalue weighted by molar-refractivity contribution is 6.66. The molecule has 1 saturated heterocycles. The van der Waals surface area contributed by atoms with E-state index in [1.54, 1.807) is 0 Å². The first-order valence-corrected chi connectivity index (χ1v) is 17.2. The van der Waals surface area contributed by atoms with E-state index in [9.17, 15) is 0 Å². The average Bonchev–Trinajstić information content (AvgIpc) is 3.70. The number of hydrogen-bond donors (Lipinski definition) is 0. The number of rotatable bonds is 1. The van der Waals surface area contributed by atoms with Crippen LogP contribution in [0.25, 0.3) is 87.0 Å². The van der Waals surface area contributed by atoms with Gasteiger partial charge in [0.05, 0.1) is 44.3 Å².